The number of nitrogens with one attached hydrogen (secondary N) is 1. The number of ether oxygens (including phenoxy) is 6. The van der Waals surface area contributed by atoms with Gasteiger partial charge in [0, 0.05) is 25.3 Å². The van der Waals surface area contributed by atoms with Crippen LogP contribution in [0.3, 0.4) is 0 Å². The number of carbonyl (C=O) groups is 4. The smallest absolute Gasteiger partial charge is 0.337 e. The van der Waals surface area contributed by atoms with Crippen LogP contribution >= 0.6 is 0 Å². The van der Waals surface area contributed by atoms with Gasteiger partial charge in [-0.25, -0.2) is 14.6 Å². The number of amides is 1. The molecule has 2 atom stereocenters. The normalized spacial score (nSPS) is 12.0. The Morgan fingerprint density at radius 2 is 1.73 bits per heavy atom. The lowest BCUT2D eigenvalue weighted by atomic mass is 10.1. The van der Waals surface area contributed by atoms with Crippen LogP contribution < -0.4 is 14.8 Å². The molecule has 1 aromatic heterocycles. The first-order valence-corrected chi connectivity index (χ1v) is 12.9. The van der Waals surface area contributed by atoms with Crippen LogP contribution in [0.4, 0.5) is 0 Å². The predicted molar refractivity (Wildman–Crippen MR) is 142 cm³/mol. The summed E-state index contributed by atoms with van der Waals surface area (Å²) in [6.45, 7) is 4.49. The Labute approximate surface area is 233 Å². The van der Waals surface area contributed by atoms with E-state index in [2.05, 4.69) is 10.3 Å². The maximum absolute atomic E-state index is 13.1. The van der Waals surface area contributed by atoms with Crippen LogP contribution in [0.1, 0.15) is 49.7 Å². The number of methoxy groups -OCH3 is 1. The van der Waals surface area contributed by atoms with E-state index in [4.69, 9.17) is 28.4 Å². The van der Waals surface area contributed by atoms with Crippen molar-refractivity contribution in [2.75, 3.05) is 33.7 Å². The predicted octanol–water partition coefficient (Wildman–Crippen LogP) is 2.62. The number of nitrogens with zero attached hydrogens (tertiary/aromatic N) is 1. The molecule has 12 nitrogen and oxygen atoms in total. The number of carbonyl (C=O) groups excluding carboxylic acids is 4. The molecule has 0 aliphatic rings. The molecule has 2 aromatic rings. The van der Waals surface area contributed by atoms with Crippen LogP contribution in [0, 0.1) is 0 Å². The Morgan fingerprint density at radius 1 is 0.975 bits per heavy atom. The fraction of sp³-hybridized carbons (Fsp3) is 0.464. The summed E-state index contributed by atoms with van der Waals surface area (Å²) in [6, 6.07) is 9.50. The zero-order valence-electron chi connectivity index (χ0n) is 23.2. The highest BCUT2D eigenvalue weighted by atomic mass is 16.7. The third kappa shape index (κ3) is 10.5. The second-order valence-corrected chi connectivity index (χ2v) is 8.38. The average molecular weight is 561 g/mol. The number of hydrogen-bond donors (Lipinski definition) is 1. The fourth-order valence-electron chi connectivity index (χ4n) is 3.30. The monoisotopic (exact) mass is 560 g/mol. The molecule has 0 bridgehead atoms. The van der Waals surface area contributed by atoms with Crippen LogP contribution in [-0.2, 0) is 39.8 Å². The number of pyridine rings is 1. The summed E-state index contributed by atoms with van der Waals surface area (Å²) >= 11 is 0. The van der Waals surface area contributed by atoms with Gasteiger partial charge >= 0.3 is 17.9 Å². The average Bonchev–Trinajstić information content (AvgIpc) is 2.97. The Hall–Kier alpha value is -4.19. The Balaban J connectivity index is 2.06. The third-order valence-corrected chi connectivity index (χ3v) is 5.36. The van der Waals surface area contributed by atoms with Gasteiger partial charge < -0.3 is 33.7 Å². The molecule has 2 rings (SSSR count). The van der Waals surface area contributed by atoms with Crippen molar-refractivity contribution in [2.24, 2.45) is 0 Å². The molecule has 1 N–H and O–H groups in total. The van der Waals surface area contributed by atoms with Gasteiger partial charge in [-0.2, -0.15) is 0 Å². The first-order valence-electron chi connectivity index (χ1n) is 12.9. The van der Waals surface area contributed by atoms with Crippen molar-refractivity contribution in [1.29, 1.82) is 0 Å². The Kier molecular flexibility index (Phi) is 13.9. The Morgan fingerprint density at radius 3 is 2.40 bits per heavy atom. The van der Waals surface area contributed by atoms with Crippen LogP contribution in [0.2, 0.25) is 0 Å². The van der Waals surface area contributed by atoms with Crippen molar-refractivity contribution in [2.45, 2.75) is 52.2 Å². The summed E-state index contributed by atoms with van der Waals surface area (Å²) in [5.74, 6) is -2.83. The van der Waals surface area contributed by atoms with E-state index in [9.17, 15) is 19.2 Å². The molecule has 12 heteroatoms. The number of hydrogen-bond acceptors (Lipinski definition) is 11. The summed E-state index contributed by atoms with van der Waals surface area (Å²) < 4.78 is 31.4. The number of benzene rings is 1. The maximum Gasteiger partial charge on any atom is 0.337 e. The topological polar surface area (TPSA) is 149 Å². The van der Waals surface area contributed by atoms with Crippen molar-refractivity contribution in [1.82, 2.24) is 10.3 Å². The van der Waals surface area contributed by atoms with Crippen molar-refractivity contribution < 1.29 is 47.6 Å². The molecule has 0 aliphatic heterocycles. The minimum Gasteiger partial charge on any atom is -0.493 e. The van der Waals surface area contributed by atoms with E-state index in [1.807, 2.05) is 37.3 Å². The minimum absolute atomic E-state index is 0.0463. The first kappa shape index (κ1) is 32.0. The summed E-state index contributed by atoms with van der Waals surface area (Å²) in [5.41, 5.74) is 0.704. The lowest BCUT2D eigenvalue weighted by Gasteiger charge is -2.19. The molecule has 0 saturated carbocycles. The number of rotatable bonds is 17. The van der Waals surface area contributed by atoms with Crippen molar-refractivity contribution in [3.05, 3.63) is 53.9 Å². The third-order valence-electron chi connectivity index (χ3n) is 5.36. The molecule has 218 valence electrons. The summed E-state index contributed by atoms with van der Waals surface area (Å²) in [5, 5.41) is 2.46. The van der Waals surface area contributed by atoms with Gasteiger partial charge in [0.25, 0.3) is 5.91 Å². The second-order valence-electron chi connectivity index (χ2n) is 8.38. The van der Waals surface area contributed by atoms with Crippen LogP contribution in [0.25, 0.3) is 0 Å². The van der Waals surface area contributed by atoms with Crippen LogP contribution in [0.5, 0.6) is 11.5 Å². The SMILES string of the molecule is CCCOC(C)C(=O)OCOc1c(OC)ccnc1C(=O)N[C@@H](COC(=O)CCc1ccccc1)C(=O)OCC. The molecule has 1 unspecified atom stereocenters. The molecule has 1 amide bonds. The van der Waals surface area contributed by atoms with Crippen molar-refractivity contribution in [3.63, 3.8) is 0 Å². The lowest BCUT2D eigenvalue weighted by molar-refractivity contribution is -0.162. The first-order chi connectivity index (χ1) is 19.3. The molecule has 0 radical (unpaired) electrons. The summed E-state index contributed by atoms with van der Waals surface area (Å²) in [4.78, 5) is 54.1. The zero-order valence-corrected chi connectivity index (χ0v) is 23.2. The quantitative estimate of drug-likeness (QED) is 0.173. The summed E-state index contributed by atoms with van der Waals surface area (Å²) in [6.07, 6.45) is 1.78. The van der Waals surface area contributed by atoms with Gasteiger partial charge in [0.15, 0.2) is 29.3 Å². The van der Waals surface area contributed by atoms with Gasteiger partial charge in [0.2, 0.25) is 6.79 Å². The van der Waals surface area contributed by atoms with E-state index in [0.717, 1.165) is 12.0 Å². The van der Waals surface area contributed by atoms with Gasteiger partial charge in [0.1, 0.15) is 6.61 Å². The van der Waals surface area contributed by atoms with Crippen molar-refractivity contribution >= 4 is 23.8 Å². The summed E-state index contributed by atoms with van der Waals surface area (Å²) in [7, 11) is 1.35. The zero-order chi connectivity index (χ0) is 29.3. The van der Waals surface area contributed by atoms with Gasteiger partial charge in [-0.05, 0) is 32.3 Å². The molecule has 0 fully saturated rings. The van der Waals surface area contributed by atoms with Gasteiger partial charge in [0.05, 0.1) is 13.7 Å². The lowest BCUT2D eigenvalue weighted by Crippen LogP contribution is -2.45. The largest absolute Gasteiger partial charge is 0.493 e. The minimum atomic E-state index is -1.32. The number of esters is 3. The standard InChI is InChI=1S/C28H36N2O10/c1-5-16-37-19(3)27(33)40-18-39-25-22(35-4)14-15-29-24(25)26(32)30-21(28(34)36-6-2)17-38-23(31)13-12-20-10-8-7-9-11-20/h7-11,14-15,19,21H,5-6,12-13,16-18H2,1-4H3,(H,30,32)/t19?,21-/m0/s1. The highest BCUT2D eigenvalue weighted by Gasteiger charge is 2.28. The van der Waals surface area contributed by atoms with E-state index in [0.29, 0.717) is 13.0 Å². The molecule has 0 aliphatic carbocycles. The molecule has 0 spiro atoms. The molecule has 1 aromatic carbocycles. The molecule has 0 saturated heterocycles. The van der Waals surface area contributed by atoms with E-state index in [-0.39, 0.29) is 30.2 Å². The molecular weight excluding hydrogens is 524 g/mol. The Bertz CT molecular complexity index is 1110. The van der Waals surface area contributed by atoms with E-state index in [1.54, 1.807) is 13.8 Å². The van der Waals surface area contributed by atoms with Crippen LogP contribution in [0.15, 0.2) is 42.6 Å². The molecule has 40 heavy (non-hydrogen) atoms. The van der Waals surface area contributed by atoms with E-state index >= 15 is 0 Å². The molecular formula is C28H36N2O10. The molecule has 1 heterocycles. The van der Waals surface area contributed by atoms with Crippen molar-refractivity contribution in [3.8, 4) is 11.5 Å². The fourth-order valence-corrected chi connectivity index (χ4v) is 3.30. The number of aromatic nitrogens is 1. The number of aryl methyl sites for hydroxylation is 1. The van der Waals surface area contributed by atoms with Crippen LogP contribution in [-0.4, -0.2) is 74.7 Å². The second kappa shape index (κ2) is 17.4. The highest BCUT2D eigenvalue weighted by molar-refractivity contribution is 5.98. The highest BCUT2D eigenvalue weighted by Crippen LogP contribution is 2.29. The van der Waals surface area contributed by atoms with Gasteiger partial charge in [-0.1, -0.05) is 37.3 Å². The van der Waals surface area contributed by atoms with Gasteiger partial charge in [-0.3, -0.25) is 9.59 Å². The van der Waals surface area contributed by atoms with Gasteiger partial charge in [-0.15, -0.1) is 0 Å². The maximum atomic E-state index is 13.1. The van der Waals surface area contributed by atoms with E-state index < -0.39 is 49.4 Å². The van der Waals surface area contributed by atoms with E-state index in [1.165, 1.54) is 19.4 Å².